The zero-order valence-electron chi connectivity index (χ0n) is 12.4. The van der Waals surface area contributed by atoms with Gasteiger partial charge < -0.3 is 15.2 Å². The van der Waals surface area contributed by atoms with Crippen LogP contribution in [-0.4, -0.2) is 17.8 Å². The second-order valence-corrected chi connectivity index (χ2v) is 5.96. The lowest BCUT2D eigenvalue weighted by atomic mass is 10.2. The molecule has 0 aliphatic carbocycles. The van der Waals surface area contributed by atoms with Gasteiger partial charge in [0.15, 0.2) is 5.75 Å². The lowest BCUT2D eigenvalue weighted by molar-refractivity contribution is 0.191. The molecule has 0 aliphatic heterocycles. The average molecular weight is 340 g/mol. The van der Waals surface area contributed by atoms with Gasteiger partial charge in [-0.2, -0.15) is 0 Å². The van der Waals surface area contributed by atoms with E-state index < -0.39 is 0 Å². The Bertz CT molecular complexity index is 580. The van der Waals surface area contributed by atoms with E-state index in [4.69, 9.17) is 27.9 Å². The predicted molar refractivity (Wildman–Crippen MR) is 90.6 cm³/mol. The second-order valence-electron chi connectivity index (χ2n) is 5.14. The normalized spacial score (nSPS) is 12.2. The SMILES string of the molecule is C[C@H](O)CNCc1cc(Cl)c(OCc2ccccc2)c(Cl)c1. The molecule has 0 spiro atoms. The number of hydrogen-bond acceptors (Lipinski definition) is 3. The van der Waals surface area contributed by atoms with Gasteiger partial charge in [-0.1, -0.05) is 53.5 Å². The summed E-state index contributed by atoms with van der Waals surface area (Å²) in [4.78, 5) is 0. The highest BCUT2D eigenvalue weighted by molar-refractivity contribution is 6.37. The lowest BCUT2D eigenvalue weighted by Crippen LogP contribution is -2.23. The first-order valence-electron chi connectivity index (χ1n) is 7.09. The van der Waals surface area contributed by atoms with Crippen molar-refractivity contribution in [2.24, 2.45) is 0 Å². The van der Waals surface area contributed by atoms with Crippen molar-refractivity contribution in [3.8, 4) is 5.75 Å². The highest BCUT2D eigenvalue weighted by Gasteiger charge is 2.10. The minimum atomic E-state index is -0.389. The maximum atomic E-state index is 9.23. The van der Waals surface area contributed by atoms with Crippen molar-refractivity contribution in [1.29, 1.82) is 0 Å². The molecule has 0 saturated heterocycles. The van der Waals surface area contributed by atoms with Gasteiger partial charge in [0.2, 0.25) is 0 Å². The summed E-state index contributed by atoms with van der Waals surface area (Å²) in [5.74, 6) is 0.492. The van der Waals surface area contributed by atoms with Crippen LogP contribution in [0.15, 0.2) is 42.5 Å². The third kappa shape index (κ3) is 5.18. The van der Waals surface area contributed by atoms with Crippen LogP contribution in [0.1, 0.15) is 18.1 Å². The van der Waals surface area contributed by atoms with E-state index in [1.165, 1.54) is 0 Å². The van der Waals surface area contributed by atoms with Gasteiger partial charge >= 0.3 is 0 Å². The predicted octanol–water partition coefficient (Wildman–Crippen LogP) is 4.04. The van der Waals surface area contributed by atoms with Crippen LogP contribution in [0.25, 0.3) is 0 Å². The number of benzene rings is 2. The minimum Gasteiger partial charge on any atom is -0.486 e. The number of nitrogens with one attached hydrogen (secondary N) is 1. The Hall–Kier alpha value is -1.26. The summed E-state index contributed by atoms with van der Waals surface area (Å²) in [7, 11) is 0. The summed E-state index contributed by atoms with van der Waals surface area (Å²) < 4.78 is 5.73. The van der Waals surface area contributed by atoms with E-state index >= 15 is 0 Å². The average Bonchev–Trinajstić information content (AvgIpc) is 2.47. The summed E-state index contributed by atoms with van der Waals surface area (Å²) in [5, 5.41) is 13.3. The van der Waals surface area contributed by atoms with Crippen LogP contribution in [0.2, 0.25) is 10.0 Å². The molecular weight excluding hydrogens is 321 g/mol. The molecule has 118 valence electrons. The van der Waals surface area contributed by atoms with Crippen LogP contribution in [0.5, 0.6) is 5.75 Å². The van der Waals surface area contributed by atoms with E-state index in [1.54, 1.807) is 6.92 Å². The van der Waals surface area contributed by atoms with Crippen LogP contribution < -0.4 is 10.1 Å². The number of aliphatic hydroxyl groups is 1. The highest BCUT2D eigenvalue weighted by atomic mass is 35.5. The highest BCUT2D eigenvalue weighted by Crippen LogP contribution is 2.34. The van der Waals surface area contributed by atoms with Gasteiger partial charge in [-0.3, -0.25) is 0 Å². The molecule has 3 nitrogen and oxygen atoms in total. The topological polar surface area (TPSA) is 41.5 Å². The Kier molecular flexibility index (Phi) is 6.52. The molecule has 0 bridgehead atoms. The lowest BCUT2D eigenvalue weighted by Gasteiger charge is -2.13. The first kappa shape index (κ1) is 17.1. The van der Waals surface area contributed by atoms with E-state index in [-0.39, 0.29) is 6.10 Å². The molecule has 0 amide bonds. The van der Waals surface area contributed by atoms with Crippen molar-refractivity contribution in [3.05, 3.63) is 63.6 Å². The standard InChI is InChI=1S/C17H19Cl2NO2/c1-12(21)9-20-10-14-7-15(18)17(16(19)8-14)22-11-13-5-3-2-4-6-13/h2-8,12,20-21H,9-11H2,1H3/t12-/m0/s1. The fourth-order valence-corrected chi connectivity index (χ4v) is 2.65. The smallest absolute Gasteiger partial charge is 0.156 e. The molecule has 2 rings (SSSR count). The maximum absolute atomic E-state index is 9.23. The molecule has 2 aromatic rings. The van der Waals surface area contributed by atoms with Gasteiger partial charge in [0.1, 0.15) is 6.61 Å². The number of halogens is 2. The van der Waals surface area contributed by atoms with Gasteiger partial charge in [0.25, 0.3) is 0 Å². The summed E-state index contributed by atoms with van der Waals surface area (Å²) in [5.41, 5.74) is 2.00. The van der Waals surface area contributed by atoms with Gasteiger partial charge in [-0.05, 0) is 30.2 Å². The zero-order chi connectivity index (χ0) is 15.9. The van der Waals surface area contributed by atoms with Gasteiger partial charge in [0.05, 0.1) is 16.1 Å². The first-order valence-corrected chi connectivity index (χ1v) is 7.85. The monoisotopic (exact) mass is 339 g/mol. The minimum absolute atomic E-state index is 0.389. The molecule has 2 N–H and O–H groups in total. The molecule has 22 heavy (non-hydrogen) atoms. The Morgan fingerprint density at radius 2 is 1.73 bits per heavy atom. The number of aliphatic hydroxyl groups excluding tert-OH is 1. The van der Waals surface area contributed by atoms with E-state index in [2.05, 4.69) is 5.32 Å². The summed E-state index contributed by atoms with van der Waals surface area (Å²) in [6.45, 7) is 3.25. The van der Waals surface area contributed by atoms with Crippen molar-refractivity contribution < 1.29 is 9.84 Å². The second kappa shape index (κ2) is 8.39. The third-order valence-electron chi connectivity index (χ3n) is 3.05. The molecule has 0 fully saturated rings. The van der Waals surface area contributed by atoms with E-state index in [0.29, 0.717) is 35.5 Å². The number of rotatable bonds is 7. The molecule has 2 aromatic carbocycles. The van der Waals surface area contributed by atoms with E-state index in [9.17, 15) is 5.11 Å². The summed E-state index contributed by atoms with van der Waals surface area (Å²) in [6, 6.07) is 13.5. The van der Waals surface area contributed by atoms with Crippen LogP contribution in [0, 0.1) is 0 Å². The fraction of sp³-hybridized carbons (Fsp3) is 0.294. The van der Waals surface area contributed by atoms with Crippen LogP contribution in [-0.2, 0) is 13.2 Å². The molecule has 0 radical (unpaired) electrons. The van der Waals surface area contributed by atoms with Crippen molar-refractivity contribution in [2.75, 3.05) is 6.54 Å². The van der Waals surface area contributed by atoms with Crippen LogP contribution in [0.3, 0.4) is 0 Å². The van der Waals surface area contributed by atoms with Crippen LogP contribution in [0.4, 0.5) is 0 Å². The Morgan fingerprint density at radius 1 is 1.09 bits per heavy atom. The van der Waals surface area contributed by atoms with Gasteiger partial charge in [0, 0.05) is 13.1 Å². The van der Waals surface area contributed by atoms with Gasteiger partial charge in [-0.15, -0.1) is 0 Å². The largest absolute Gasteiger partial charge is 0.486 e. The molecule has 5 heteroatoms. The Morgan fingerprint density at radius 3 is 2.32 bits per heavy atom. The number of ether oxygens (including phenoxy) is 1. The molecule has 1 atom stereocenters. The first-order chi connectivity index (χ1) is 10.6. The molecule has 0 aromatic heterocycles. The van der Waals surface area contributed by atoms with Crippen LogP contribution >= 0.6 is 23.2 Å². The molecular formula is C17H19Cl2NO2. The molecule has 0 unspecified atom stereocenters. The fourth-order valence-electron chi connectivity index (χ4n) is 2.01. The third-order valence-corrected chi connectivity index (χ3v) is 3.61. The Labute approximate surface area is 140 Å². The van der Waals surface area contributed by atoms with Gasteiger partial charge in [-0.25, -0.2) is 0 Å². The molecule has 0 saturated carbocycles. The molecule has 0 heterocycles. The quantitative estimate of drug-likeness (QED) is 0.799. The maximum Gasteiger partial charge on any atom is 0.156 e. The zero-order valence-corrected chi connectivity index (χ0v) is 13.9. The van der Waals surface area contributed by atoms with Crippen molar-refractivity contribution >= 4 is 23.2 Å². The van der Waals surface area contributed by atoms with Crippen molar-refractivity contribution in [3.63, 3.8) is 0 Å². The molecule has 0 aliphatic rings. The summed E-state index contributed by atoms with van der Waals surface area (Å²) in [6.07, 6.45) is -0.389. The van der Waals surface area contributed by atoms with Crippen molar-refractivity contribution in [1.82, 2.24) is 5.32 Å². The number of hydrogen-bond donors (Lipinski definition) is 2. The van der Waals surface area contributed by atoms with E-state index in [1.807, 2.05) is 42.5 Å². The van der Waals surface area contributed by atoms with Crippen molar-refractivity contribution in [2.45, 2.75) is 26.2 Å². The van der Waals surface area contributed by atoms with E-state index in [0.717, 1.165) is 11.1 Å². The Balaban J connectivity index is 2.00. The summed E-state index contributed by atoms with van der Waals surface area (Å²) >= 11 is 12.5.